The van der Waals surface area contributed by atoms with E-state index in [9.17, 15) is 4.79 Å². The molecule has 0 fully saturated rings. The Hall–Kier alpha value is -2.17. The second-order valence-electron chi connectivity index (χ2n) is 4.33. The number of hydrogen-bond donors (Lipinski definition) is 1. The molecule has 1 aliphatic rings. The fourth-order valence-electron chi connectivity index (χ4n) is 2.23. The lowest BCUT2D eigenvalue weighted by molar-refractivity contribution is 0.145. The zero-order valence-electron chi connectivity index (χ0n) is 11.9. The second kappa shape index (κ2) is 6.32. The first-order valence-corrected chi connectivity index (χ1v) is 6.60. The van der Waals surface area contributed by atoms with E-state index in [2.05, 4.69) is 5.32 Å². The molecule has 0 aromatic heterocycles. The van der Waals surface area contributed by atoms with E-state index in [0.29, 0.717) is 13.2 Å². The summed E-state index contributed by atoms with van der Waals surface area (Å²) in [5.74, 6) is 1.55. The SMILES string of the molecule is C/C=C1\c2cc(OC)ccc2OCC1NC(=O)OCC. The summed E-state index contributed by atoms with van der Waals surface area (Å²) < 4.78 is 15.8. The average Bonchev–Trinajstić information content (AvgIpc) is 2.46. The summed E-state index contributed by atoms with van der Waals surface area (Å²) in [5.41, 5.74) is 1.93. The van der Waals surface area contributed by atoms with Gasteiger partial charge in [-0.15, -0.1) is 0 Å². The monoisotopic (exact) mass is 277 g/mol. The molecule has 1 N–H and O–H groups in total. The maximum atomic E-state index is 11.6. The highest BCUT2D eigenvalue weighted by atomic mass is 16.5. The predicted molar refractivity (Wildman–Crippen MR) is 76.1 cm³/mol. The Bertz CT molecular complexity index is 525. The molecular formula is C15H19NO4. The van der Waals surface area contributed by atoms with Gasteiger partial charge in [0, 0.05) is 5.56 Å². The molecule has 1 unspecified atom stereocenters. The van der Waals surface area contributed by atoms with Crippen molar-refractivity contribution in [1.29, 1.82) is 0 Å². The number of rotatable bonds is 3. The molecule has 0 saturated carbocycles. The third kappa shape index (κ3) is 2.87. The van der Waals surface area contributed by atoms with Crippen molar-refractivity contribution in [1.82, 2.24) is 5.32 Å². The van der Waals surface area contributed by atoms with Gasteiger partial charge in [0.2, 0.25) is 0 Å². The van der Waals surface area contributed by atoms with E-state index in [1.54, 1.807) is 14.0 Å². The highest BCUT2D eigenvalue weighted by Crippen LogP contribution is 2.35. The van der Waals surface area contributed by atoms with E-state index < -0.39 is 6.09 Å². The van der Waals surface area contributed by atoms with Gasteiger partial charge >= 0.3 is 6.09 Å². The Morgan fingerprint density at radius 2 is 2.35 bits per heavy atom. The van der Waals surface area contributed by atoms with Crippen LogP contribution in [0.1, 0.15) is 19.4 Å². The highest BCUT2D eigenvalue weighted by Gasteiger charge is 2.26. The van der Waals surface area contributed by atoms with E-state index >= 15 is 0 Å². The molecule has 1 heterocycles. The number of amides is 1. The zero-order valence-corrected chi connectivity index (χ0v) is 11.9. The minimum absolute atomic E-state index is 0.223. The van der Waals surface area contributed by atoms with Crippen LogP contribution in [-0.4, -0.2) is 32.5 Å². The standard InChI is InChI=1S/C15H19NO4/c1-4-11-12-8-10(18-3)6-7-14(12)20-9-13(11)16-15(17)19-5-2/h4,6-8,13H,5,9H2,1-3H3,(H,16,17)/b11-4+. The maximum absolute atomic E-state index is 11.6. The van der Waals surface area contributed by atoms with Gasteiger partial charge in [0.05, 0.1) is 19.8 Å². The molecule has 0 bridgehead atoms. The van der Waals surface area contributed by atoms with Crippen molar-refractivity contribution >= 4 is 11.7 Å². The third-order valence-electron chi connectivity index (χ3n) is 3.16. The first-order valence-electron chi connectivity index (χ1n) is 6.60. The van der Waals surface area contributed by atoms with E-state index in [-0.39, 0.29) is 6.04 Å². The van der Waals surface area contributed by atoms with Crippen LogP contribution in [0, 0.1) is 0 Å². The lowest BCUT2D eigenvalue weighted by Crippen LogP contribution is -2.42. The quantitative estimate of drug-likeness (QED) is 0.922. The second-order valence-corrected chi connectivity index (χ2v) is 4.33. The van der Waals surface area contributed by atoms with E-state index in [1.807, 2.05) is 31.2 Å². The molecule has 0 aliphatic carbocycles. The van der Waals surface area contributed by atoms with Gasteiger partial charge < -0.3 is 19.5 Å². The Morgan fingerprint density at radius 1 is 1.55 bits per heavy atom. The summed E-state index contributed by atoms with van der Waals surface area (Å²) in [5, 5.41) is 2.80. The summed E-state index contributed by atoms with van der Waals surface area (Å²) >= 11 is 0. The van der Waals surface area contributed by atoms with Gasteiger partial charge in [0.25, 0.3) is 0 Å². The van der Waals surface area contributed by atoms with Crippen LogP contribution < -0.4 is 14.8 Å². The third-order valence-corrected chi connectivity index (χ3v) is 3.16. The molecule has 5 heteroatoms. The lowest BCUT2D eigenvalue weighted by Gasteiger charge is -2.29. The summed E-state index contributed by atoms with van der Waals surface area (Å²) in [6.45, 7) is 4.43. The van der Waals surface area contributed by atoms with Crippen molar-refractivity contribution < 1.29 is 19.0 Å². The number of fused-ring (bicyclic) bond motifs is 1. The molecule has 5 nitrogen and oxygen atoms in total. The smallest absolute Gasteiger partial charge is 0.407 e. The average molecular weight is 277 g/mol. The van der Waals surface area contributed by atoms with Gasteiger partial charge in [0.1, 0.15) is 18.1 Å². The molecule has 1 aromatic carbocycles. The van der Waals surface area contributed by atoms with Crippen LogP contribution in [0.2, 0.25) is 0 Å². The first-order chi connectivity index (χ1) is 9.69. The largest absolute Gasteiger partial charge is 0.497 e. The Labute approximate surface area is 118 Å². The number of allylic oxidation sites excluding steroid dienone is 1. The number of benzene rings is 1. The molecule has 108 valence electrons. The van der Waals surface area contributed by atoms with E-state index in [0.717, 1.165) is 22.6 Å². The van der Waals surface area contributed by atoms with Crippen LogP contribution in [-0.2, 0) is 4.74 Å². The van der Waals surface area contributed by atoms with Gasteiger partial charge in [-0.2, -0.15) is 0 Å². The highest BCUT2D eigenvalue weighted by molar-refractivity contribution is 5.80. The van der Waals surface area contributed by atoms with Crippen LogP contribution in [0.15, 0.2) is 24.3 Å². The molecule has 1 aliphatic heterocycles. The minimum Gasteiger partial charge on any atom is -0.497 e. The lowest BCUT2D eigenvalue weighted by atomic mass is 9.95. The number of hydrogen-bond acceptors (Lipinski definition) is 4. The topological polar surface area (TPSA) is 56.8 Å². The fourth-order valence-corrected chi connectivity index (χ4v) is 2.23. The normalized spacial score (nSPS) is 18.9. The van der Waals surface area contributed by atoms with Gasteiger partial charge in [-0.3, -0.25) is 0 Å². The van der Waals surface area contributed by atoms with Crippen LogP contribution in [0.3, 0.4) is 0 Å². The van der Waals surface area contributed by atoms with Crippen LogP contribution in [0.25, 0.3) is 5.57 Å². The molecule has 2 rings (SSSR count). The summed E-state index contributed by atoms with van der Waals surface area (Å²) in [4.78, 5) is 11.6. The molecular weight excluding hydrogens is 258 g/mol. The Kier molecular flexibility index (Phi) is 4.50. The molecule has 1 aromatic rings. The van der Waals surface area contributed by atoms with Gasteiger partial charge in [-0.05, 0) is 37.6 Å². The Morgan fingerprint density at radius 3 is 3.00 bits per heavy atom. The Balaban J connectivity index is 2.25. The molecule has 0 radical (unpaired) electrons. The van der Waals surface area contributed by atoms with Gasteiger partial charge in [0.15, 0.2) is 0 Å². The minimum atomic E-state index is -0.438. The molecule has 20 heavy (non-hydrogen) atoms. The summed E-state index contributed by atoms with van der Waals surface area (Å²) in [7, 11) is 1.62. The van der Waals surface area contributed by atoms with Crippen molar-refractivity contribution in [2.45, 2.75) is 19.9 Å². The molecule has 0 spiro atoms. The number of carbonyl (C=O) groups is 1. The van der Waals surface area contributed by atoms with Crippen molar-refractivity contribution in [3.63, 3.8) is 0 Å². The zero-order chi connectivity index (χ0) is 14.5. The predicted octanol–water partition coefficient (Wildman–Crippen LogP) is 2.61. The van der Waals surface area contributed by atoms with Crippen molar-refractivity contribution in [3.8, 4) is 11.5 Å². The van der Waals surface area contributed by atoms with E-state index in [4.69, 9.17) is 14.2 Å². The number of alkyl carbamates (subject to hydrolysis) is 1. The van der Waals surface area contributed by atoms with Crippen LogP contribution in [0.5, 0.6) is 11.5 Å². The first kappa shape index (κ1) is 14.2. The summed E-state index contributed by atoms with van der Waals surface area (Å²) in [6, 6.07) is 5.41. The van der Waals surface area contributed by atoms with E-state index in [1.165, 1.54) is 0 Å². The number of nitrogens with one attached hydrogen (secondary N) is 1. The van der Waals surface area contributed by atoms with Crippen molar-refractivity contribution in [3.05, 3.63) is 29.8 Å². The van der Waals surface area contributed by atoms with Crippen molar-refractivity contribution in [2.75, 3.05) is 20.3 Å². The maximum Gasteiger partial charge on any atom is 0.407 e. The number of carbonyl (C=O) groups excluding carboxylic acids is 1. The molecule has 1 atom stereocenters. The fraction of sp³-hybridized carbons (Fsp3) is 0.400. The van der Waals surface area contributed by atoms with Crippen molar-refractivity contribution in [2.24, 2.45) is 0 Å². The van der Waals surface area contributed by atoms with Crippen LogP contribution >= 0.6 is 0 Å². The summed E-state index contributed by atoms with van der Waals surface area (Å²) in [6.07, 6.45) is 1.53. The number of methoxy groups -OCH3 is 1. The number of ether oxygens (including phenoxy) is 3. The molecule has 0 saturated heterocycles. The molecule has 1 amide bonds. The van der Waals surface area contributed by atoms with Gasteiger partial charge in [-0.1, -0.05) is 6.08 Å². The van der Waals surface area contributed by atoms with Gasteiger partial charge in [-0.25, -0.2) is 4.79 Å². The van der Waals surface area contributed by atoms with Crippen LogP contribution in [0.4, 0.5) is 4.79 Å².